The summed E-state index contributed by atoms with van der Waals surface area (Å²) in [6, 6.07) is 27.2. The van der Waals surface area contributed by atoms with Crippen LogP contribution in [0.5, 0.6) is 11.5 Å². The fraction of sp³-hybridized carbons (Fsp3) is 0.156. The monoisotopic (exact) mass is 660 g/mol. The fourth-order valence-electron chi connectivity index (χ4n) is 4.12. The summed E-state index contributed by atoms with van der Waals surface area (Å²) in [5.74, 6) is 0.394. The Kier molecular flexibility index (Phi) is 10.7. The summed E-state index contributed by atoms with van der Waals surface area (Å²) >= 11 is 3.49. The molecule has 43 heavy (non-hydrogen) atoms. The minimum Gasteiger partial charge on any atom is -0.493 e. The van der Waals surface area contributed by atoms with Gasteiger partial charge in [0.2, 0.25) is 15.9 Å². The molecule has 4 rings (SSSR count). The van der Waals surface area contributed by atoms with Crippen molar-refractivity contribution in [2.45, 2.75) is 30.9 Å². The fourth-order valence-corrected chi connectivity index (χ4v) is 5.77. The Morgan fingerprint density at radius 1 is 1.02 bits per heavy atom. The summed E-state index contributed by atoms with van der Waals surface area (Å²) < 4.78 is 40.8. The van der Waals surface area contributed by atoms with Gasteiger partial charge in [0.15, 0.2) is 11.5 Å². The Morgan fingerprint density at radius 2 is 1.72 bits per heavy atom. The number of hydrogen-bond donors (Lipinski definition) is 2. The Bertz CT molecular complexity index is 1760. The van der Waals surface area contributed by atoms with E-state index in [0.29, 0.717) is 32.7 Å². The SMILES string of the molecule is COc1cc(/C=N\NC(=O)C[C@H](NS(=O)(=O)c2ccc(C)cc2)c2ccccc2)c(Br)cc1OCc1ccccc1C#N. The first-order valence-electron chi connectivity index (χ1n) is 13.1. The van der Waals surface area contributed by atoms with Crippen molar-refractivity contribution < 1.29 is 22.7 Å². The summed E-state index contributed by atoms with van der Waals surface area (Å²) in [4.78, 5) is 13.0. The third-order valence-electron chi connectivity index (χ3n) is 6.42. The van der Waals surface area contributed by atoms with Gasteiger partial charge in [-0.15, -0.1) is 0 Å². The van der Waals surface area contributed by atoms with E-state index in [1.54, 1.807) is 60.7 Å². The Morgan fingerprint density at radius 3 is 2.42 bits per heavy atom. The number of halogens is 1. The van der Waals surface area contributed by atoms with Crippen molar-refractivity contribution in [3.8, 4) is 17.6 Å². The van der Waals surface area contributed by atoms with Gasteiger partial charge < -0.3 is 9.47 Å². The van der Waals surface area contributed by atoms with Gasteiger partial charge in [0.25, 0.3) is 0 Å². The average molecular weight is 662 g/mol. The van der Waals surface area contributed by atoms with Crippen molar-refractivity contribution >= 4 is 38.1 Å². The zero-order valence-corrected chi connectivity index (χ0v) is 25.9. The van der Waals surface area contributed by atoms with Crippen LogP contribution in [0.2, 0.25) is 0 Å². The number of benzene rings is 4. The number of carbonyl (C=O) groups excluding carboxylic acids is 1. The lowest BCUT2D eigenvalue weighted by molar-refractivity contribution is -0.121. The molecule has 0 saturated heterocycles. The molecule has 0 radical (unpaired) electrons. The third kappa shape index (κ3) is 8.51. The normalized spacial score (nSPS) is 12.0. The van der Waals surface area contributed by atoms with E-state index in [0.717, 1.165) is 11.1 Å². The van der Waals surface area contributed by atoms with Gasteiger partial charge >= 0.3 is 0 Å². The molecule has 0 aromatic heterocycles. The smallest absolute Gasteiger partial charge is 0.242 e. The van der Waals surface area contributed by atoms with E-state index in [1.165, 1.54) is 25.5 Å². The topological polar surface area (TPSA) is 130 Å². The maximum absolute atomic E-state index is 13.1. The van der Waals surface area contributed by atoms with Gasteiger partial charge in [0.1, 0.15) is 6.61 Å². The van der Waals surface area contributed by atoms with Crippen molar-refractivity contribution in [3.63, 3.8) is 0 Å². The van der Waals surface area contributed by atoms with Gasteiger partial charge in [0, 0.05) is 22.0 Å². The largest absolute Gasteiger partial charge is 0.493 e. The number of aryl methyl sites for hydroxylation is 1. The van der Waals surface area contributed by atoms with E-state index in [4.69, 9.17) is 9.47 Å². The van der Waals surface area contributed by atoms with Gasteiger partial charge in [0.05, 0.1) is 35.9 Å². The van der Waals surface area contributed by atoms with Crippen LogP contribution in [-0.2, 0) is 21.4 Å². The highest BCUT2D eigenvalue weighted by Gasteiger charge is 2.24. The summed E-state index contributed by atoms with van der Waals surface area (Å²) in [5, 5.41) is 13.4. The van der Waals surface area contributed by atoms with E-state index < -0.39 is 22.0 Å². The first-order valence-corrected chi connectivity index (χ1v) is 15.4. The number of methoxy groups -OCH3 is 1. The molecule has 0 saturated carbocycles. The summed E-state index contributed by atoms with van der Waals surface area (Å²) in [5.41, 5.74) is 5.91. The van der Waals surface area contributed by atoms with Crippen LogP contribution in [0.4, 0.5) is 0 Å². The van der Waals surface area contributed by atoms with Crippen LogP contribution in [-0.4, -0.2) is 27.6 Å². The number of sulfonamides is 1. The Balaban J connectivity index is 1.44. The number of hydrazone groups is 1. The second-order valence-electron chi connectivity index (χ2n) is 9.48. The van der Waals surface area contributed by atoms with Gasteiger partial charge in [-0.3, -0.25) is 4.79 Å². The van der Waals surface area contributed by atoms with Crippen molar-refractivity contribution in [2.24, 2.45) is 5.10 Å². The molecule has 0 aliphatic heterocycles. The lowest BCUT2D eigenvalue weighted by Gasteiger charge is -2.18. The zero-order valence-electron chi connectivity index (χ0n) is 23.5. The maximum Gasteiger partial charge on any atom is 0.242 e. The molecule has 0 heterocycles. The van der Waals surface area contributed by atoms with Gasteiger partial charge in [-0.1, -0.05) is 66.2 Å². The molecular weight excluding hydrogens is 632 g/mol. The molecular formula is C32H29BrN4O5S. The van der Waals surface area contributed by atoms with E-state index in [1.807, 2.05) is 25.1 Å². The molecule has 11 heteroatoms. The number of rotatable bonds is 12. The quantitative estimate of drug-likeness (QED) is 0.146. The summed E-state index contributed by atoms with van der Waals surface area (Å²) in [6.45, 7) is 2.04. The average Bonchev–Trinajstić information content (AvgIpc) is 3.01. The number of nitrogens with one attached hydrogen (secondary N) is 2. The van der Waals surface area contributed by atoms with E-state index in [2.05, 4.69) is 37.2 Å². The van der Waals surface area contributed by atoms with Crippen molar-refractivity contribution in [1.82, 2.24) is 10.1 Å². The molecule has 0 fully saturated rings. The van der Waals surface area contributed by atoms with E-state index >= 15 is 0 Å². The third-order valence-corrected chi connectivity index (χ3v) is 8.59. The number of carbonyl (C=O) groups is 1. The highest BCUT2D eigenvalue weighted by molar-refractivity contribution is 9.10. The minimum atomic E-state index is -3.89. The van der Waals surface area contributed by atoms with Crippen LogP contribution in [0.3, 0.4) is 0 Å². The number of nitriles is 1. The molecule has 4 aromatic rings. The van der Waals surface area contributed by atoms with Crippen LogP contribution in [0.25, 0.3) is 0 Å². The Labute approximate surface area is 259 Å². The second kappa shape index (κ2) is 14.6. The number of hydrogen-bond acceptors (Lipinski definition) is 7. The standard InChI is InChI=1S/C32H29BrN4O5S/c1-22-12-14-27(15-13-22)43(39,40)37-29(23-8-4-3-5-9-23)18-32(38)36-35-20-26-16-30(41-2)31(17-28(26)33)42-21-25-11-7-6-10-24(25)19-34/h3-17,20,29,37H,18,21H2,1-2H3,(H,36,38)/b35-20-/t29-/m0/s1. The van der Waals surface area contributed by atoms with Crippen molar-refractivity contribution in [1.29, 1.82) is 5.26 Å². The van der Waals surface area contributed by atoms with Crippen molar-refractivity contribution in [2.75, 3.05) is 7.11 Å². The van der Waals surface area contributed by atoms with Crippen molar-refractivity contribution in [3.05, 3.63) is 123 Å². The van der Waals surface area contributed by atoms with Gasteiger partial charge in [-0.25, -0.2) is 18.6 Å². The minimum absolute atomic E-state index is 0.109. The number of amides is 1. The molecule has 0 spiro atoms. The zero-order chi connectivity index (χ0) is 30.8. The maximum atomic E-state index is 13.1. The van der Waals surface area contributed by atoms with E-state index in [-0.39, 0.29) is 17.9 Å². The van der Waals surface area contributed by atoms with E-state index in [9.17, 15) is 18.5 Å². The molecule has 2 N–H and O–H groups in total. The molecule has 0 aliphatic carbocycles. The molecule has 0 aliphatic rings. The summed E-state index contributed by atoms with van der Waals surface area (Å²) in [7, 11) is -2.39. The molecule has 9 nitrogen and oxygen atoms in total. The van der Waals surface area contributed by atoms with Crippen LogP contribution < -0.4 is 19.6 Å². The molecule has 0 unspecified atom stereocenters. The Hall–Kier alpha value is -4.50. The predicted octanol–water partition coefficient (Wildman–Crippen LogP) is 5.78. The lowest BCUT2D eigenvalue weighted by Crippen LogP contribution is -2.32. The number of nitrogens with zero attached hydrogens (tertiary/aromatic N) is 2. The molecule has 1 atom stereocenters. The molecule has 4 aromatic carbocycles. The van der Waals surface area contributed by atoms with Crippen LogP contribution >= 0.6 is 15.9 Å². The van der Waals surface area contributed by atoms with Crippen LogP contribution in [0.1, 0.15) is 40.3 Å². The second-order valence-corrected chi connectivity index (χ2v) is 12.0. The number of ether oxygens (including phenoxy) is 2. The predicted molar refractivity (Wildman–Crippen MR) is 167 cm³/mol. The highest BCUT2D eigenvalue weighted by Crippen LogP contribution is 2.33. The highest BCUT2D eigenvalue weighted by atomic mass is 79.9. The first kappa shape index (κ1) is 31.4. The van der Waals surface area contributed by atoms with Gasteiger partial charge in [-0.2, -0.15) is 10.4 Å². The van der Waals surface area contributed by atoms with Gasteiger partial charge in [-0.05, 0) is 58.7 Å². The molecule has 0 bridgehead atoms. The lowest BCUT2D eigenvalue weighted by atomic mass is 10.0. The molecule has 1 amide bonds. The van der Waals surface area contributed by atoms with Crippen LogP contribution in [0, 0.1) is 18.3 Å². The first-order chi connectivity index (χ1) is 20.7. The van der Waals surface area contributed by atoms with Crippen LogP contribution in [0.15, 0.2) is 105 Å². The molecule has 220 valence electrons. The summed E-state index contributed by atoms with van der Waals surface area (Å²) in [6.07, 6.45) is 1.25.